The fourth-order valence-electron chi connectivity index (χ4n) is 2.99. The summed E-state index contributed by atoms with van der Waals surface area (Å²) in [6, 6.07) is 11.5. The number of amides is 2. The van der Waals surface area contributed by atoms with Gasteiger partial charge in [-0.1, -0.05) is 38.1 Å². The van der Waals surface area contributed by atoms with Gasteiger partial charge in [-0.15, -0.1) is 11.8 Å². The van der Waals surface area contributed by atoms with Crippen molar-refractivity contribution in [2.45, 2.75) is 45.0 Å². The van der Waals surface area contributed by atoms with Gasteiger partial charge in [-0.05, 0) is 48.2 Å². The lowest BCUT2D eigenvalue weighted by Crippen LogP contribution is -2.49. The van der Waals surface area contributed by atoms with E-state index in [1.807, 2.05) is 13.8 Å². The Morgan fingerprint density at radius 3 is 2.07 bits per heavy atom. The highest BCUT2D eigenvalue weighted by Crippen LogP contribution is 2.18. The zero-order valence-corrected chi connectivity index (χ0v) is 18.2. The first-order valence-electron chi connectivity index (χ1n) is 10.1. The number of thioether (sulfide) groups is 1. The van der Waals surface area contributed by atoms with E-state index >= 15 is 0 Å². The van der Waals surface area contributed by atoms with Gasteiger partial charge < -0.3 is 10.2 Å². The van der Waals surface area contributed by atoms with Gasteiger partial charge in [0.1, 0.15) is 17.7 Å². The van der Waals surface area contributed by atoms with Gasteiger partial charge in [0.15, 0.2) is 0 Å². The third kappa shape index (κ3) is 7.44. The lowest BCUT2D eigenvalue weighted by atomic mass is 10.1. The summed E-state index contributed by atoms with van der Waals surface area (Å²) in [7, 11) is 0. The van der Waals surface area contributed by atoms with Crippen molar-refractivity contribution in [3.8, 4) is 0 Å². The van der Waals surface area contributed by atoms with Crippen LogP contribution in [-0.2, 0) is 21.9 Å². The van der Waals surface area contributed by atoms with Crippen LogP contribution in [0, 0.1) is 11.6 Å². The number of nitrogens with one attached hydrogen (secondary N) is 1. The standard InChI is InChI=1S/C23H28F2N2O2S/c1-3-13-26-23(29)21(4-2)27(14-17-5-9-19(24)10-6-17)22(28)16-30-15-18-7-11-20(25)12-8-18/h5-12,21H,3-4,13-16H2,1-2H3,(H,26,29). The Morgan fingerprint density at radius 2 is 1.53 bits per heavy atom. The first-order chi connectivity index (χ1) is 14.4. The summed E-state index contributed by atoms with van der Waals surface area (Å²) in [6.07, 6.45) is 1.28. The molecule has 0 spiro atoms. The molecule has 0 saturated heterocycles. The third-order valence-corrected chi connectivity index (χ3v) is 5.60. The van der Waals surface area contributed by atoms with Crippen LogP contribution in [0.25, 0.3) is 0 Å². The Morgan fingerprint density at radius 1 is 0.967 bits per heavy atom. The summed E-state index contributed by atoms with van der Waals surface area (Å²) < 4.78 is 26.3. The summed E-state index contributed by atoms with van der Waals surface area (Å²) >= 11 is 1.41. The van der Waals surface area contributed by atoms with E-state index in [-0.39, 0.29) is 35.7 Å². The van der Waals surface area contributed by atoms with Gasteiger partial charge in [0.05, 0.1) is 5.75 Å². The van der Waals surface area contributed by atoms with Crippen molar-refractivity contribution in [2.24, 2.45) is 0 Å². The summed E-state index contributed by atoms with van der Waals surface area (Å²) in [5.74, 6) is -0.234. The maximum Gasteiger partial charge on any atom is 0.242 e. The normalized spacial score (nSPS) is 11.7. The number of hydrogen-bond donors (Lipinski definition) is 1. The van der Waals surface area contributed by atoms with Crippen molar-refractivity contribution in [3.63, 3.8) is 0 Å². The summed E-state index contributed by atoms with van der Waals surface area (Å²) in [5, 5.41) is 2.87. The van der Waals surface area contributed by atoms with E-state index in [0.29, 0.717) is 18.7 Å². The molecular formula is C23H28F2N2O2S. The molecule has 1 atom stereocenters. The molecule has 162 valence electrons. The Kier molecular flexibility index (Phi) is 9.80. The fraction of sp³-hybridized carbons (Fsp3) is 0.391. The second-order valence-electron chi connectivity index (χ2n) is 6.98. The largest absolute Gasteiger partial charge is 0.354 e. The molecule has 0 radical (unpaired) electrons. The van der Waals surface area contributed by atoms with Crippen LogP contribution in [0.2, 0.25) is 0 Å². The minimum Gasteiger partial charge on any atom is -0.354 e. The number of nitrogens with zero attached hydrogens (tertiary/aromatic N) is 1. The van der Waals surface area contributed by atoms with Crippen LogP contribution in [0.4, 0.5) is 8.78 Å². The molecule has 0 heterocycles. The van der Waals surface area contributed by atoms with Crippen molar-refractivity contribution in [2.75, 3.05) is 12.3 Å². The number of carbonyl (C=O) groups excluding carboxylic acids is 2. The average Bonchev–Trinajstić information content (AvgIpc) is 2.74. The molecule has 1 N–H and O–H groups in total. The second-order valence-corrected chi connectivity index (χ2v) is 7.97. The number of hydrogen-bond acceptors (Lipinski definition) is 3. The van der Waals surface area contributed by atoms with Crippen LogP contribution in [0.5, 0.6) is 0 Å². The van der Waals surface area contributed by atoms with E-state index in [9.17, 15) is 18.4 Å². The van der Waals surface area contributed by atoms with Gasteiger partial charge in [-0.3, -0.25) is 9.59 Å². The SMILES string of the molecule is CCCNC(=O)C(CC)N(Cc1ccc(F)cc1)C(=O)CSCc1ccc(F)cc1. The molecule has 0 saturated carbocycles. The zero-order valence-electron chi connectivity index (χ0n) is 17.4. The van der Waals surface area contributed by atoms with E-state index in [1.165, 1.54) is 36.0 Å². The van der Waals surface area contributed by atoms with E-state index in [4.69, 9.17) is 0 Å². The smallest absolute Gasteiger partial charge is 0.242 e. The highest BCUT2D eigenvalue weighted by molar-refractivity contribution is 7.99. The quantitative estimate of drug-likeness (QED) is 0.565. The highest BCUT2D eigenvalue weighted by atomic mass is 32.2. The zero-order chi connectivity index (χ0) is 21.9. The topological polar surface area (TPSA) is 49.4 Å². The Labute approximate surface area is 181 Å². The first kappa shape index (κ1) is 23.9. The first-order valence-corrected chi connectivity index (χ1v) is 11.2. The molecule has 2 aromatic carbocycles. The third-order valence-electron chi connectivity index (χ3n) is 4.61. The predicted molar refractivity (Wildman–Crippen MR) is 117 cm³/mol. The number of benzene rings is 2. The summed E-state index contributed by atoms with van der Waals surface area (Å²) in [6.45, 7) is 4.61. The molecule has 0 aromatic heterocycles. The molecule has 30 heavy (non-hydrogen) atoms. The molecule has 0 bridgehead atoms. The lowest BCUT2D eigenvalue weighted by molar-refractivity contribution is -0.139. The molecule has 2 rings (SSSR count). The highest BCUT2D eigenvalue weighted by Gasteiger charge is 2.28. The Bertz CT molecular complexity index is 813. The van der Waals surface area contributed by atoms with Crippen molar-refractivity contribution in [1.29, 1.82) is 0 Å². The average molecular weight is 435 g/mol. The van der Waals surface area contributed by atoms with Crippen LogP contribution in [-0.4, -0.2) is 35.1 Å². The van der Waals surface area contributed by atoms with Gasteiger partial charge in [-0.2, -0.15) is 0 Å². The number of rotatable bonds is 11. The maximum absolute atomic E-state index is 13.3. The van der Waals surface area contributed by atoms with Crippen molar-refractivity contribution >= 4 is 23.6 Å². The molecule has 2 amide bonds. The van der Waals surface area contributed by atoms with Gasteiger partial charge in [0.2, 0.25) is 11.8 Å². The molecule has 2 aromatic rings. The summed E-state index contributed by atoms with van der Waals surface area (Å²) in [5.41, 5.74) is 1.68. The predicted octanol–water partition coefficient (Wildman–Crippen LogP) is 4.53. The monoisotopic (exact) mass is 434 g/mol. The number of halogens is 2. The van der Waals surface area contributed by atoms with E-state index in [0.717, 1.165) is 17.5 Å². The van der Waals surface area contributed by atoms with Crippen LogP contribution >= 0.6 is 11.8 Å². The van der Waals surface area contributed by atoms with Crippen molar-refractivity contribution in [3.05, 3.63) is 71.3 Å². The molecule has 4 nitrogen and oxygen atoms in total. The van der Waals surface area contributed by atoms with Crippen LogP contribution in [0.15, 0.2) is 48.5 Å². The van der Waals surface area contributed by atoms with Crippen LogP contribution in [0.3, 0.4) is 0 Å². The lowest BCUT2D eigenvalue weighted by Gasteiger charge is -2.30. The van der Waals surface area contributed by atoms with E-state index in [2.05, 4.69) is 5.32 Å². The van der Waals surface area contributed by atoms with Crippen LogP contribution < -0.4 is 5.32 Å². The van der Waals surface area contributed by atoms with E-state index in [1.54, 1.807) is 29.2 Å². The Balaban J connectivity index is 2.09. The van der Waals surface area contributed by atoms with Gasteiger partial charge in [0.25, 0.3) is 0 Å². The molecule has 7 heteroatoms. The fourth-order valence-corrected chi connectivity index (χ4v) is 3.86. The Hall–Kier alpha value is -2.41. The summed E-state index contributed by atoms with van der Waals surface area (Å²) in [4.78, 5) is 27.2. The second kappa shape index (κ2) is 12.3. The minimum atomic E-state index is -0.597. The van der Waals surface area contributed by atoms with Crippen molar-refractivity contribution in [1.82, 2.24) is 10.2 Å². The molecule has 0 aliphatic carbocycles. The van der Waals surface area contributed by atoms with E-state index < -0.39 is 6.04 Å². The molecular weight excluding hydrogens is 406 g/mol. The van der Waals surface area contributed by atoms with Crippen molar-refractivity contribution < 1.29 is 18.4 Å². The number of carbonyl (C=O) groups is 2. The molecule has 1 unspecified atom stereocenters. The van der Waals surface area contributed by atoms with Gasteiger partial charge in [0, 0.05) is 18.8 Å². The maximum atomic E-state index is 13.3. The molecule has 0 aliphatic heterocycles. The van der Waals surface area contributed by atoms with Gasteiger partial charge in [-0.25, -0.2) is 8.78 Å². The molecule has 0 aliphatic rings. The van der Waals surface area contributed by atoms with Gasteiger partial charge >= 0.3 is 0 Å². The molecule has 0 fully saturated rings. The van der Waals surface area contributed by atoms with Crippen LogP contribution in [0.1, 0.15) is 37.8 Å². The minimum absolute atomic E-state index is 0.162.